The third-order valence-corrected chi connectivity index (χ3v) is 2.26. The Labute approximate surface area is 79.0 Å². The monoisotopic (exact) mass is 183 g/mol. The van der Waals surface area contributed by atoms with Gasteiger partial charge in [-0.15, -0.1) is 0 Å². The third-order valence-electron chi connectivity index (χ3n) is 2.26. The molecule has 1 aromatic rings. The van der Waals surface area contributed by atoms with Crippen LogP contribution in [0.4, 0.5) is 0 Å². The first-order valence-electron chi connectivity index (χ1n) is 4.17. The minimum absolute atomic E-state index is 0.238. The number of fused-ring (bicyclic) bond motifs is 2. The molecule has 0 spiro atoms. The lowest BCUT2D eigenvalue weighted by molar-refractivity contribution is -0.112. The largest absolute Gasteiger partial charge is 0.281 e. The predicted molar refractivity (Wildman–Crippen MR) is 52.3 cm³/mol. The molecule has 2 aliphatic rings. The number of pyridine rings is 1. The fourth-order valence-electron chi connectivity index (χ4n) is 1.63. The van der Waals surface area contributed by atoms with Crippen LogP contribution < -0.4 is 10.4 Å². The average molecular weight is 183 g/mol. The Kier molecular flexibility index (Phi) is 1.28. The molecule has 0 N–H and O–H groups in total. The summed E-state index contributed by atoms with van der Waals surface area (Å²) in [5, 5.41) is 1.81. The highest BCUT2D eigenvalue weighted by molar-refractivity contribution is 6.54. The van der Waals surface area contributed by atoms with E-state index in [2.05, 4.69) is 15.0 Å². The molecule has 0 fully saturated rings. The normalized spacial score (nSPS) is 17.3. The molecule has 1 aliphatic heterocycles. The van der Waals surface area contributed by atoms with Gasteiger partial charge in [0.2, 0.25) is 0 Å². The number of nitrogens with zero attached hydrogens (tertiary/aromatic N) is 3. The second-order valence-corrected chi connectivity index (χ2v) is 3.05. The van der Waals surface area contributed by atoms with Crippen molar-refractivity contribution in [1.82, 2.24) is 4.98 Å². The van der Waals surface area contributed by atoms with Crippen molar-refractivity contribution >= 4 is 29.6 Å². The van der Waals surface area contributed by atoms with Gasteiger partial charge in [-0.3, -0.25) is 9.78 Å². The topological polar surface area (TPSA) is 54.7 Å². The smallest absolute Gasteiger partial charge is 0.267 e. The predicted octanol–water partition coefficient (Wildman–Crippen LogP) is -0.964. The van der Waals surface area contributed by atoms with Crippen LogP contribution >= 0.6 is 0 Å². The van der Waals surface area contributed by atoms with Gasteiger partial charge in [-0.05, 0) is 17.4 Å². The highest BCUT2D eigenvalue weighted by atomic mass is 16.1. The Bertz CT molecular complexity index is 610. The second-order valence-electron chi connectivity index (χ2n) is 3.05. The molecule has 66 valence electrons. The average Bonchev–Trinajstić information content (AvgIpc) is 2.57. The van der Waals surface area contributed by atoms with Gasteiger partial charge in [-0.2, -0.15) is 4.99 Å². The van der Waals surface area contributed by atoms with Crippen LogP contribution in [0.25, 0.3) is 11.6 Å². The van der Waals surface area contributed by atoms with Gasteiger partial charge in [0, 0.05) is 17.6 Å². The first-order chi connectivity index (χ1) is 6.86. The number of hydrogen-bond donors (Lipinski definition) is 0. The zero-order valence-corrected chi connectivity index (χ0v) is 7.14. The number of hydrogen-bond acceptors (Lipinski definition) is 3. The van der Waals surface area contributed by atoms with Crippen LogP contribution in [0.1, 0.15) is 0 Å². The van der Waals surface area contributed by atoms with Crippen molar-refractivity contribution in [2.24, 2.45) is 9.98 Å². The Morgan fingerprint density at radius 2 is 2.21 bits per heavy atom. The fraction of sp³-hybridized carbons (Fsp3) is 0. The summed E-state index contributed by atoms with van der Waals surface area (Å²) in [5.74, 6) is -0.238. The van der Waals surface area contributed by atoms with E-state index >= 15 is 0 Å². The van der Waals surface area contributed by atoms with Crippen LogP contribution in [0.15, 0.2) is 28.4 Å². The molecule has 1 aliphatic carbocycles. The van der Waals surface area contributed by atoms with Crippen LogP contribution in [-0.4, -0.2) is 22.9 Å². The molecule has 14 heavy (non-hydrogen) atoms. The van der Waals surface area contributed by atoms with Crippen molar-refractivity contribution in [3.8, 4) is 0 Å². The van der Waals surface area contributed by atoms with Gasteiger partial charge in [0.25, 0.3) is 5.91 Å². The molecule has 0 saturated carbocycles. The Morgan fingerprint density at radius 1 is 1.29 bits per heavy atom. The summed E-state index contributed by atoms with van der Waals surface area (Å²) in [4.78, 5) is 23.1. The molecule has 4 nitrogen and oxygen atoms in total. The van der Waals surface area contributed by atoms with Crippen LogP contribution in [0.3, 0.4) is 0 Å². The van der Waals surface area contributed by atoms with E-state index in [0.717, 1.165) is 10.4 Å². The number of carbonyl (C=O) groups excluding carboxylic acids is 1. The lowest BCUT2D eigenvalue weighted by Gasteiger charge is -2.01. The maximum atomic E-state index is 11.5. The van der Waals surface area contributed by atoms with E-state index in [1.54, 1.807) is 12.4 Å². The van der Waals surface area contributed by atoms with Crippen molar-refractivity contribution < 1.29 is 4.79 Å². The summed E-state index contributed by atoms with van der Waals surface area (Å²) < 4.78 is 0. The van der Waals surface area contributed by atoms with Crippen molar-refractivity contribution in [2.45, 2.75) is 0 Å². The molecule has 1 aromatic heterocycles. The van der Waals surface area contributed by atoms with Crippen LogP contribution in [0, 0.1) is 0 Å². The maximum Gasteiger partial charge on any atom is 0.281 e. The van der Waals surface area contributed by atoms with Gasteiger partial charge >= 0.3 is 0 Å². The molecular weight excluding hydrogens is 178 g/mol. The summed E-state index contributed by atoms with van der Waals surface area (Å²) in [6.45, 7) is 0. The lowest BCUT2D eigenvalue weighted by Crippen LogP contribution is -2.25. The summed E-state index contributed by atoms with van der Waals surface area (Å²) in [6.07, 6.45) is 6.52. The first-order valence-corrected chi connectivity index (χ1v) is 4.17. The lowest BCUT2D eigenvalue weighted by atomic mass is 10.1. The van der Waals surface area contributed by atoms with Gasteiger partial charge in [-0.25, -0.2) is 4.99 Å². The van der Waals surface area contributed by atoms with Crippen LogP contribution in [0.2, 0.25) is 0 Å². The number of rotatable bonds is 0. The van der Waals surface area contributed by atoms with E-state index in [9.17, 15) is 4.79 Å². The van der Waals surface area contributed by atoms with Gasteiger partial charge in [-0.1, -0.05) is 0 Å². The fourth-order valence-corrected chi connectivity index (χ4v) is 1.63. The minimum Gasteiger partial charge on any atom is -0.267 e. The molecule has 0 atom stereocenters. The summed E-state index contributed by atoms with van der Waals surface area (Å²) in [7, 11) is 0. The minimum atomic E-state index is -0.238. The Hall–Kier alpha value is -2.10. The molecule has 2 heterocycles. The van der Waals surface area contributed by atoms with Crippen LogP contribution in [-0.2, 0) is 4.79 Å². The highest BCUT2D eigenvalue weighted by Crippen LogP contribution is 2.08. The van der Waals surface area contributed by atoms with Crippen molar-refractivity contribution in [1.29, 1.82) is 0 Å². The van der Waals surface area contributed by atoms with E-state index in [0.29, 0.717) is 11.3 Å². The zero-order valence-electron chi connectivity index (χ0n) is 7.14. The Morgan fingerprint density at radius 3 is 3.14 bits per heavy atom. The SMILES string of the molecule is O=C1N=CN=C2C=c3ccncc3=C12. The van der Waals surface area contributed by atoms with Crippen molar-refractivity contribution in [2.75, 3.05) is 0 Å². The van der Waals surface area contributed by atoms with Crippen LogP contribution in [0.5, 0.6) is 0 Å². The van der Waals surface area contributed by atoms with E-state index in [1.165, 1.54) is 6.34 Å². The number of carbonyl (C=O) groups is 1. The van der Waals surface area contributed by atoms with Gasteiger partial charge < -0.3 is 0 Å². The molecule has 0 bridgehead atoms. The number of aliphatic imine (C=N–C) groups is 2. The summed E-state index contributed by atoms with van der Waals surface area (Å²) in [5.41, 5.74) is 1.25. The number of amides is 1. The molecule has 0 saturated heterocycles. The molecule has 0 radical (unpaired) electrons. The standard InChI is InChI=1S/C10H5N3O/c14-10-9-7-4-11-2-1-6(7)3-8(9)12-5-13-10/h1-5H. The first kappa shape index (κ1) is 7.32. The summed E-state index contributed by atoms with van der Waals surface area (Å²) in [6, 6.07) is 1.86. The summed E-state index contributed by atoms with van der Waals surface area (Å²) >= 11 is 0. The molecule has 3 rings (SSSR count). The van der Waals surface area contributed by atoms with Gasteiger partial charge in [0.1, 0.15) is 6.34 Å². The molecule has 4 heteroatoms. The van der Waals surface area contributed by atoms with E-state index in [-0.39, 0.29) is 5.91 Å². The quantitative estimate of drug-likeness (QED) is 0.520. The molecule has 0 aromatic carbocycles. The Balaban J connectivity index is 2.51. The van der Waals surface area contributed by atoms with Gasteiger partial charge in [0.05, 0.1) is 11.3 Å². The van der Waals surface area contributed by atoms with E-state index in [4.69, 9.17) is 0 Å². The molecule has 0 unspecified atom stereocenters. The van der Waals surface area contributed by atoms with Crippen molar-refractivity contribution in [3.05, 3.63) is 28.9 Å². The highest BCUT2D eigenvalue weighted by Gasteiger charge is 2.21. The zero-order chi connectivity index (χ0) is 9.54. The molecule has 1 amide bonds. The van der Waals surface area contributed by atoms with E-state index < -0.39 is 0 Å². The second kappa shape index (κ2) is 2.45. The number of aromatic nitrogens is 1. The third kappa shape index (κ3) is 0.821. The van der Waals surface area contributed by atoms with Crippen molar-refractivity contribution in [3.63, 3.8) is 0 Å². The van der Waals surface area contributed by atoms with Gasteiger partial charge in [0.15, 0.2) is 0 Å². The molecular formula is C10H5N3O. The maximum absolute atomic E-state index is 11.5. The van der Waals surface area contributed by atoms with E-state index in [1.807, 2.05) is 12.1 Å².